The normalized spacial score (nSPS) is 13.0. The first kappa shape index (κ1) is 10.5. The summed E-state index contributed by atoms with van der Waals surface area (Å²) in [6.45, 7) is 5.68. The summed E-state index contributed by atoms with van der Waals surface area (Å²) in [7, 11) is 0. The van der Waals surface area contributed by atoms with Gasteiger partial charge >= 0.3 is 0 Å². The van der Waals surface area contributed by atoms with Crippen LogP contribution in [-0.4, -0.2) is 0 Å². The standard InChI is InChI=1S/C11H14ClF/c1-4-10(12)9-5-8(3)11(13)6-7(9)2/h5-6,10H,4H2,1-3H3. The molecule has 0 saturated carbocycles. The van der Waals surface area contributed by atoms with Gasteiger partial charge in [0.15, 0.2) is 0 Å². The van der Waals surface area contributed by atoms with Gasteiger partial charge in [-0.3, -0.25) is 0 Å². The fourth-order valence-corrected chi connectivity index (χ4v) is 1.60. The van der Waals surface area contributed by atoms with Crippen LogP contribution in [0.15, 0.2) is 12.1 Å². The SMILES string of the molecule is CCC(Cl)c1cc(C)c(F)cc1C. The van der Waals surface area contributed by atoms with Crippen molar-refractivity contribution in [1.82, 2.24) is 0 Å². The highest BCUT2D eigenvalue weighted by atomic mass is 35.5. The third-order valence-corrected chi connectivity index (χ3v) is 2.79. The van der Waals surface area contributed by atoms with Crippen molar-refractivity contribution in [1.29, 1.82) is 0 Å². The fraction of sp³-hybridized carbons (Fsp3) is 0.455. The largest absolute Gasteiger partial charge is 0.207 e. The Bertz CT molecular complexity index is 307. The second-order valence-electron chi connectivity index (χ2n) is 3.33. The predicted octanol–water partition coefficient (Wildman–Crippen LogP) is 4.13. The summed E-state index contributed by atoms with van der Waals surface area (Å²) >= 11 is 6.10. The van der Waals surface area contributed by atoms with E-state index in [1.807, 2.05) is 19.9 Å². The molecule has 0 nitrogen and oxygen atoms in total. The van der Waals surface area contributed by atoms with E-state index in [1.54, 1.807) is 13.0 Å². The maximum absolute atomic E-state index is 13.1. The number of halogens is 2. The van der Waals surface area contributed by atoms with Gasteiger partial charge in [-0.1, -0.05) is 13.0 Å². The van der Waals surface area contributed by atoms with Gasteiger partial charge in [0, 0.05) is 0 Å². The summed E-state index contributed by atoms with van der Waals surface area (Å²) in [6, 6.07) is 3.39. The molecule has 13 heavy (non-hydrogen) atoms. The average molecular weight is 201 g/mol. The lowest BCUT2D eigenvalue weighted by molar-refractivity contribution is 0.615. The van der Waals surface area contributed by atoms with E-state index in [0.717, 1.165) is 17.5 Å². The minimum Gasteiger partial charge on any atom is -0.207 e. The topological polar surface area (TPSA) is 0 Å². The van der Waals surface area contributed by atoms with Gasteiger partial charge in [0.25, 0.3) is 0 Å². The monoisotopic (exact) mass is 200 g/mol. The lowest BCUT2D eigenvalue weighted by Gasteiger charge is -2.11. The summed E-state index contributed by atoms with van der Waals surface area (Å²) in [4.78, 5) is 0. The van der Waals surface area contributed by atoms with Crippen molar-refractivity contribution in [3.8, 4) is 0 Å². The van der Waals surface area contributed by atoms with Crippen molar-refractivity contribution in [2.75, 3.05) is 0 Å². The number of aryl methyl sites for hydroxylation is 2. The summed E-state index contributed by atoms with van der Waals surface area (Å²) < 4.78 is 13.1. The predicted molar refractivity (Wildman–Crippen MR) is 54.8 cm³/mol. The smallest absolute Gasteiger partial charge is 0.126 e. The van der Waals surface area contributed by atoms with E-state index in [9.17, 15) is 4.39 Å². The van der Waals surface area contributed by atoms with Crippen LogP contribution in [0.25, 0.3) is 0 Å². The summed E-state index contributed by atoms with van der Waals surface area (Å²) in [5.41, 5.74) is 2.65. The quantitative estimate of drug-likeness (QED) is 0.630. The minimum atomic E-state index is -0.152. The minimum absolute atomic E-state index is 0.000648. The number of benzene rings is 1. The Labute approximate surface area is 83.7 Å². The molecule has 1 aromatic rings. The zero-order chi connectivity index (χ0) is 10.0. The first-order valence-electron chi connectivity index (χ1n) is 4.47. The zero-order valence-corrected chi connectivity index (χ0v) is 8.95. The van der Waals surface area contributed by atoms with Crippen LogP contribution in [-0.2, 0) is 0 Å². The van der Waals surface area contributed by atoms with Gasteiger partial charge in [-0.25, -0.2) is 4.39 Å². The molecule has 0 N–H and O–H groups in total. The molecule has 0 aromatic heterocycles. The Hall–Kier alpha value is -0.560. The Morgan fingerprint density at radius 2 is 1.92 bits per heavy atom. The summed E-state index contributed by atoms with van der Waals surface area (Å²) in [6.07, 6.45) is 0.869. The Balaban J connectivity index is 3.15. The molecule has 0 saturated heterocycles. The van der Waals surface area contributed by atoms with E-state index < -0.39 is 0 Å². The van der Waals surface area contributed by atoms with Gasteiger partial charge in [0.05, 0.1) is 5.38 Å². The molecule has 0 aliphatic heterocycles. The van der Waals surface area contributed by atoms with Crippen LogP contribution in [0, 0.1) is 19.7 Å². The van der Waals surface area contributed by atoms with Gasteiger partial charge in [-0.2, -0.15) is 0 Å². The van der Waals surface area contributed by atoms with Gasteiger partial charge in [-0.05, 0) is 43.0 Å². The summed E-state index contributed by atoms with van der Waals surface area (Å²) in [5.74, 6) is -0.152. The molecule has 2 heteroatoms. The second kappa shape index (κ2) is 4.10. The second-order valence-corrected chi connectivity index (χ2v) is 3.86. The molecular formula is C11H14ClF. The van der Waals surface area contributed by atoms with Crippen molar-refractivity contribution in [3.05, 3.63) is 34.6 Å². The maximum Gasteiger partial charge on any atom is 0.126 e. The highest BCUT2D eigenvalue weighted by molar-refractivity contribution is 6.20. The van der Waals surface area contributed by atoms with E-state index in [4.69, 9.17) is 11.6 Å². The van der Waals surface area contributed by atoms with E-state index in [-0.39, 0.29) is 11.2 Å². The molecule has 0 bridgehead atoms. The molecule has 1 aromatic carbocycles. The maximum atomic E-state index is 13.1. The molecule has 72 valence electrons. The number of hydrogen-bond donors (Lipinski definition) is 0. The fourth-order valence-electron chi connectivity index (χ4n) is 1.36. The molecule has 0 spiro atoms. The van der Waals surface area contributed by atoms with Crippen molar-refractivity contribution in [3.63, 3.8) is 0 Å². The molecule has 0 amide bonds. The van der Waals surface area contributed by atoms with Crippen molar-refractivity contribution in [2.24, 2.45) is 0 Å². The molecule has 0 heterocycles. The first-order valence-corrected chi connectivity index (χ1v) is 4.90. The molecule has 0 aliphatic carbocycles. The molecule has 1 rings (SSSR count). The van der Waals surface area contributed by atoms with Crippen molar-refractivity contribution < 1.29 is 4.39 Å². The zero-order valence-electron chi connectivity index (χ0n) is 8.20. The Morgan fingerprint density at radius 3 is 2.46 bits per heavy atom. The van der Waals surface area contributed by atoms with Crippen molar-refractivity contribution >= 4 is 11.6 Å². The number of rotatable bonds is 2. The van der Waals surface area contributed by atoms with Crippen LogP contribution in [0.1, 0.15) is 35.4 Å². The third-order valence-electron chi connectivity index (χ3n) is 2.24. The number of alkyl halides is 1. The molecule has 0 fully saturated rings. The first-order chi connectivity index (χ1) is 6.06. The molecule has 0 aliphatic rings. The van der Waals surface area contributed by atoms with Crippen LogP contribution < -0.4 is 0 Å². The van der Waals surface area contributed by atoms with Gasteiger partial charge in [0.1, 0.15) is 5.82 Å². The van der Waals surface area contributed by atoms with E-state index in [2.05, 4.69) is 0 Å². The lowest BCUT2D eigenvalue weighted by Crippen LogP contribution is -1.95. The lowest BCUT2D eigenvalue weighted by atomic mass is 10.0. The molecule has 1 unspecified atom stereocenters. The average Bonchev–Trinajstić information content (AvgIpc) is 2.10. The van der Waals surface area contributed by atoms with Crippen LogP contribution in [0.5, 0.6) is 0 Å². The van der Waals surface area contributed by atoms with E-state index in [1.165, 1.54) is 0 Å². The van der Waals surface area contributed by atoms with E-state index >= 15 is 0 Å². The van der Waals surface area contributed by atoms with Gasteiger partial charge in [0.2, 0.25) is 0 Å². The van der Waals surface area contributed by atoms with Crippen LogP contribution in [0.4, 0.5) is 4.39 Å². The highest BCUT2D eigenvalue weighted by Gasteiger charge is 2.10. The molecule has 1 atom stereocenters. The van der Waals surface area contributed by atoms with E-state index in [0.29, 0.717) is 5.56 Å². The van der Waals surface area contributed by atoms with Crippen LogP contribution >= 0.6 is 11.6 Å². The van der Waals surface area contributed by atoms with Crippen LogP contribution in [0.3, 0.4) is 0 Å². The Kier molecular flexibility index (Phi) is 3.32. The van der Waals surface area contributed by atoms with Crippen molar-refractivity contribution in [2.45, 2.75) is 32.6 Å². The van der Waals surface area contributed by atoms with Crippen LogP contribution in [0.2, 0.25) is 0 Å². The third kappa shape index (κ3) is 2.22. The Morgan fingerprint density at radius 1 is 1.31 bits per heavy atom. The highest BCUT2D eigenvalue weighted by Crippen LogP contribution is 2.28. The molecular weight excluding hydrogens is 187 g/mol. The number of hydrogen-bond acceptors (Lipinski definition) is 0. The van der Waals surface area contributed by atoms with Gasteiger partial charge < -0.3 is 0 Å². The summed E-state index contributed by atoms with van der Waals surface area (Å²) in [5, 5.41) is -0.000648. The molecule has 0 radical (unpaired) electrons. The van der Waals surface area contributed by atoms with Gasteiger partial charge in [-0.15, -0.1) is 11.6 Å².